The molecule has 0 amide bonds. The number of nitrogens with zero attached hydrogens (tertiary/aromatic N) is 2. The van der Waals surface area contributed by atoms with Crippen molar-refractivity contribution in [2.75, 3.05) is 5.75 Å². The fourth-order valence-corrected chi connectivity index (χ4v) is 2.96. The SMILES string of the molecule is O=S(=O)([O-])CCC[n+]1c2ccccc2nc2ccccc21. The van der Waals surface area contributed by atoms with Gasteiger partial charge >= 0.3 is 0 Å². The molecule has 0 bridgehead atoms. The van der Waals surface area contributed by atoms with Gasteiger partial charge in [-0.2, -0.15) is 4.57 Å². The monoisotopic (exact) mass is 302 g/mol. The van der Waals surface area contributed by atoms with E-state index in [0.29, 0.717) is 6.54 Å². The summed E-state index contributed by atoms with van der Waals surface area (Å²) >= 11 is 0. The van der Waals surface area contributed by atoms with Gasteiger partial charge in [-0.3, -0.25) is 0 Å². The quantitative estimate of drug-likeness (QED) is 0.417. The summed E-state index contributed by atoms with van der Waals surface area (Å²) < 4.78 is 34.3. The van der Waals surface area contributed by atoms with Crippen molar-refractivity contribution in [2.45, 2.75) is 13.0 Å². The van der Waals surface area contributed by atoms with E-state index in [1.165, 1.54) is 0 Å². The second-order valence-electron chi connectivity index (χ2n) is 4.86. The summed E-state index contributed by atoms with van der Waals surface area (Å²) in [6.45, 7) is 0.463. The molecular formula is C15H14N2O3S. The van der Waals surface area contributed by atoms with E-state index in [0.717, 1.165) is 22.1 Å². The maximum Gasteiger partial charge on any atom is 0.231 e. The number of hydrogen-bond acceptors (Lipinski definition) is 4. The van der Waals surface area contributed by atoms with Gasteiger partial charge in [-0.1, -0.05) is 24.3 Å². The van der Waals surface area contributed by atoms with Gasteiger partial charge in [0.15, 0.2) is 6.54 Å². The zero-order valence-corrected chi connectivity index (χ0v) is 12.1. The van der Waals surface area contributed by atoms with Crippen LogP contribution in [0.1, 0.15) is 6.42 Å². The summed E-state index contributed by atoms with van der Waals surface area (Å²) in [6, 6.07) is 15.4. The molecule has 0 spiro atoms. The Labute approximate surface area is 122 Å². The van der Waals surface area contributed by atoms with Crippen LogP contribution >= 0.6 is 0 Å². The Balaban J connectivity index is 2.11. The van der Waals surface area contributed by atoms with E-state index in [1.807, 2.05) is 53.1 Å². The predicted octanol–water partition coefficient (Wildman–Crippen LogP) is 1.61. The van der Waals surface area contributed by atoms with Gasteiger partial charge in [-0.15, -0.1) is 0 Å². The molecule has 0 atom stereocenters. The second-order valence-corrected chi connectivity index (χ2v) is 6.38. The molecule has 3 aromatic rings. The molecule has 21 heavy (non-hydrogen) atoms. The molecule has 108 valence electrons. The van der Waals surface area contributed by atoms with Crippen LogP contribution in [-0.2, 0) is 16.7 Å². The van der Waals surface area contributed by atoms with Crippen LogP contribution in [0.3, 0.4) is 0 Å². The molecule has 6 heteroatoms. The second kappa shape index (κ2) is 5.38. The van der Waals surface area contributed by atoms with E-state index in [2.05, 4.69) is 4.98 Å². The van der Waals surface area contributed by atoms with Gasteiger partial charge in [0.25, 0.3) is 0 Å². The molecule has 0 aliphatic carbocycles. The maximum absolute atomic E-state index is 10.8. The molecule has 2 aromatic carbocycles. The normalized spacial score (nSPS) is 12.0. The highest BCUT2D eigenvalue weighted by molar-refractivity contribution is 7.85. The number of fused-ring (bicyclic) bond motifs is 2. The molecule has 1 aromatic heterocycles. The van der Waals surface area contributed by atoms with Gasteiger partial charge < -0.3 is 4.55 Å². The van der Waals surface area contributed by atoms with Crippen LogP contribution in [-0.4, -0.2) is 23.7 Å². The molecule has 0 aliphatic heterocycles. The van der Waals surface area contributed by atoms with E-state index in [9.17, 15) is 13.0 Å². The largest absolute Gasteiger partial charge is 0.748 e. The average Bonchev–Trinajstić information content (AvgIpc) is 2.45. The summed E-state index contributed by atoms with van der Waals surface area (Å²) in [4.78, 5) is 4.59. The van der Waals surface area contributed by atoms with E-state index in [-0.39, 0.29) is 12.2 Å². The lowest BCUT2D eigenvalue weighted by Gasteiger charge is -2.07. The van der Waals surface area contributed by atoms with Crippen LogP contribution in [0.25, 0.3) is 22.1 Å². The number of aryl methyl sites for hydroxylation is 1. The van der Waals surface area contributed by atoms with Crippen molar-refractivity contribution in [3.8, 4) is 0 Å². The van der Waals surface area contributed by atoms with Crippen LogP contribution in [0.4, 0.5) is 0 Å². The van der Waals surface area contributed by atoms with Crippen molar-refractivity contribution >= 4 is 32.2 Å². The Kier molecular flexibility index (Phi) is 3.57. The topological polar surface area (TPSA) is 74.0 Å². The van der Waals surface area contributed by atoms with E-state index < -0.39 is 10.1 Å². The van der Waals surface area contributed by atoms with Crippen molar-refractivity contribution in [1.29, 1.82) is 0 Å². The fraction of sp³-hybridized carbons (Fsp3) is 0.200. The van der Waals surface area contributed by atoms with Gasteiger partial charge in [-0.25, -0.2) is 13.4 Å². The van der Waals surface area contributed by atoms with E-state index in [1.54, 1.807) is 0 Å². The summed E-state index contributed by atoms with van der Waals surface area (Å²) in [5, 5.41) is 0. The number of para-hydroxylation sites is 4. The molecule has 5 nitrogen and oxygen atoms in total. The number of benzene rings is 2. The highest BCUT2D eigenvalue weighted by Gasteiger charge is 2.15. The van der Waals surface area contributed by atoms with Crippen molar-refractivity contribution in [3.05, 3.63) is 48.5 Å². The Morgan fingerprint density at radius 3 is 2.00 bits per heavy atom. The van der Waals surface area contributed by atoms with Crippen LogP contribution < -0.4 is 4.57 Å². The third-order valence-electron chi connectivity index (χ3n) is 3.36. The fourth-order valence-electron chi connectivity index (χ4n) is 2.47. The molecule has 0 aliphatic rings. The molecule has 3 rings (SSSR count). The molecule has 0 radical (unpaired) electrons. The summed E-state index contributed by atoms with van der Waals surface area (Å²) in [6.07, 6.45) is 0.286. The number of rotatable bonds is 4. The first-order valence-corrected chi connectivity index (χ1v) is 8.23. The van der Waals surface area contributed by atoms with Gasteiger partial charge in [0.2, 0.25) is 11.0 Å². The van der Waals surface area contributed by atoms with Crippen LogP contribution in [0.2, 0.25) is 0 Å². The van der Waals surface area contributed by atoms with Crippen LogP contribution in [0.5, 0.6) is 0 Å². The summed E-state index contributed by atoms with van der Waals surface area (Å²) in [5.74, 6) is -0.356. The zero-order chi connectivity index (χ0) is 14.9. The first-order valence-electron chi connectivity index (χ1n) is 6.65. The maximum atomic E-state index is 10.8. The van der Waals surface area contributed by atoms with Crippen molar-refractivity contribution in [3.63, 3.8) is 0 Å². The van der Waals surface area contributed by atoms with E-state index in [4.69, 9.17) is 0 Å². The molecule has 0 saturated heterocycles. The highest BCUT2D eigenvalue weighted by atomic mass is 32.2. The van der Waals surface area contributed by atoms with Crippen molar-refractivity contribution in [1.82, 2.24) is 4.98 Å². The summed E-state index contributed by atoms with van der Waals surface area (Å²) in [5.41, 5.74) is 3.56. The van der Waals surface area contributed by atoms with Gasteiger partial charge in [0.05, 0.1) is 10.1 Å². The van der Waals surface area contributed by atoms with Crippen molar-refractivity contribution < 1.29 is 17.5 Å². The molecule has 0 fully saturated rings. The average molecular weight is 302 g/mol. The van der Waals surface area contributed by atoms with Crippen LogP contribution in [0, 0.1) is 0 Å². The lowest BCUT2D eigenvalue weighted by Crippen LogP contribution is -2.37. The molecule has 1 heterocycles. The Bertz CT molecular complexity index is 853. The zero-order valence-electron chi connectivity index (χ0n) is 11.3. The number of hydrogen-bond donors (Lipinski definition) is 0. The Morgan fingerprint density at radius 2 is 1.48 bits per heavy atom. The first kappa shape index (κ1) is 13.9. The molecule has 0 unspecified atom stereocenters. The molecular weight excluding hydrogens is 288 g/mol. The van der Waals surface area contributed by atoms with Crippen LogP contribution in [0.15, 0.2) is 48.5 Å². The molecule has 0 saturated carbocycles. The third kappa shape index (κ3) is 3.01. The smallest absolute Gasteiger partial charge is 0.231 e. The third-order valence-corrected chi connectivity index (χ3v) is 4.15. The minimum Gasteiger partial charge on any atom is -0.748 e. The lowest BCUT2D eigenvalue weighted by atomic mass is 10.2. The minimum absolute atomic E-state index is 0.286. The summed E-state index contributed by atoms with van der Waals surface area (Å²) in [7, 11) is -4.18. The van der Waals surface area contributed by atoms with Crippen molar-refractivity contribution in [2.24, 2.45) is 0 Å². The van der Waals surface area contributed by atoms with Gasteiger partial charge in [-0.05, 0) is 12.1 Å². The lowest BCUT2D eigenvalue weighted by molar-refractivity contribution is -0.645. The van der Waals surface area contributed by atoms with E-state index >= 15 is 0 Å². The standard InChI is InChI=1S/C15H14N2O3S/c18-21(19,20)11-5-10-17-14-8-3-1-6-12(14)16-13-7-2-4-9-15(13)17/h1-4,6-9H,5,10-11H2. The molecule has 0 N–H and O–H groups in total. The van der Waals surface area contributed by atoms with Gasteiger partial charge in [0.1, 0.15) is 11.0 Å². The Hall–Kier alpha value is -2.05. The predicted molar refractivity (Wildman–Crippen MR) is 78.6 cm³/mol. The highest BCUT2D eigenvalue weighted by Crippen LogP contribution is 2.14. The first-order chi connectivity index (χ1) is 10.0. The minimum atomic E-state index is -4.18. The Morgan fingerprint density at radius 1 is 0.952 bits per heavy atom. The number of aromatic nitrogens is 2. The van der Waals surface area contributed by atoms with Gasteiger partial charge in [0, 0.05) is 24.3 Å².